The van der Waals surface area contributed by atoms with Crippen molar-refractivity contribution in [2.24, 2.45) is 5.92 Å². The third kappa shape index (κ3) is 3.34. The SMILES string of the molecule is C[C@H]1C[C@@H](N2Cc3cn[nH]c3C2)[C@@H](C(F)(F)F)O[C@@H]1c1cc(F)ccc1F. The molecule has 0 aliphatic carbocycles. The Morgan fingerprint density at radius 1 is 1.22 bits per heavy atom. The molecule has 4 rings (SSSR count). The Morgan fingerprint density at radius 3 is 2.70 bits per heavy atom. The fraction of sp³-hybridized carbons (Fsp3) is 0.500. The van der Waals surface area contributed by atoms with Crippen molar-refractivity contribution in [3.8, 4) is 0 Å². The van der Waals surface area contributed by atoms with Crippen molar-refractivity contribution < 1.29 is 26.7 Å². The molecule has 3 heterocycles. The number of nitrogens with one attached hydrogen (secondary N) is 1. The maximum atomic E-state index is 14.1. The first-order valence-electron chi connectivity index (χ1n) is 8.66. The van der Waals surface area contributed by atoms with Crippen LogP contribution >= 0.6 is 0 Å². The molecule has 1 aromatic heterocycles. The minimum absolute atomic E-state index is 0.155. The van der Waals surface area contributed by atoms with Crippen LogP contribution in [0.4, 0.5) is 22.0 Å². The number of aromatic amines is 1. The van der Waals surface area contributed by atoms with Gasteiger partial charge in [-0.3, -0.25) is 10.00 Å². The van der Waals surface area contributed by atoms with Crippen LogP contribution < -0.4 is 0 Å². The van der Waals surface area contributed by atoms with E-state index in [4.69, 9.17) is 4.74 Å². The second-order valence-electron chi connectivity index (χ2n) is 7.24. The Labute approximate surface area is 152 Å². The smallest absolute Gasteiger partial charge is 0.359 e. The van der Waals surface area contributed by atoms with Crippen molar-refractivity contribution >= 4 is 0 Å². The normalized spacial score (nSPS) is 29.1. The zero-order chi connectivity index (χ0) is 19.3. The molecule has 2 aliphatic rings. The van der Waals surface area contributed by atoms with Gasteiger partial charge in [0.1, 0.15) is 11.6 Å². The zero-order valence-corrected chi connectivity index (χ0v) is 14.4. The molecule has 0 bridgehead atoms. The van der Waals surface area contributed by atoms with Crippen molar-refractivity contribution in [3.63, 3.8) is 0 Å². The fourth-order valence-corrected chi connectivity index (χ4v) is 4.08. The molecular weight excluding hydrogens is 369 g/mol. The summed E-state index contributed by atoms with van der Waals surface area (Å²) < 4.78 is 74.3. The Kier molecular flexibility index (Phi) is 4.46. The van der Waals surface area contributed by atoms with E-state index in [-0.39, 0.29) is 12.0 Å². The van der Waals surface area contributed by atoms with Gasteiger partial charge in [0, 0.05) is 30.3 Å². The number of H-pyrrole nitrogens is 1. The lowest BCUT2D eigenvalue weighted by Gasteiger charge is -2.44. The monoisotopic (exact) mass is 387 g/mol. The maximum Gasteiger partial charge on any atom is 0.416 e. The van der Waals surface area contributed by atoms with Gasteiger partial charge in [-0.05, 0) is 30.5 Å². The summed E-state index contributed by atoms with van der Waals surface area (Å²) >= 11 is 0. The molecule has 9 heteroatoms. The van der Waals surface area contributed by atoms with Crippen LogP contribution in [0.2, 0.25) is 0 Å². The number of rotatable bonds is 2. The quantitative estimate of drug-likeness (QED) is 0.789. The standard InChI is InChI=1S/C18H18F5N3O/c1-9-4-15(26-7-10-6-24-25-14(10)8-26)17(18(21,22)23)27-16(9)12-5-11(19)2-3-13(12)20/h2-3,5-6,9,15-17H,4,7-8H2,1H3,(H,24,25)/t9-,15+,16-,17-/m0/s1. The number of hydrogen-bond acceptors (Lipinski definition) is 3. The molecule has 1 saturated heterocycles. The van der Waals surface area contributed by atoms with Crippen LogP contribution in [0.15, 0.2) is 24.4 Å². The van der Waals surface area contributed by atoms with Gasteiger partial charge in [0.15, 0.2) is 6.10 Å². The summed E-state index contributed by atoms with van der Waals surface area (Å²) in [5.41, 5.74) is 1.48. The minimum atomic E-state index is -4.62. The van der Waals surface area contributed by atoms with Gasteiger partial charge in [-0.1, -0.05) is 6.92 Å². The van der Waals surface area contributed by atoms with E-state index in [1.807, 2.05) is 0 Å². The topological polar surface area (TPSA) is 41.2 Å². The number of fused-ring (bicyclic) bond motifs is 1. The number of halogens is 5. The van der Waals surface area contributed by atoms with E-state index in [2.05, 4.69) is 10.2 Å². The van der Waals surface area contributed by atoms with E-state index in [9.17, 15) is 22.0 Å². The summed E-state index contributed by atoms with van der Waals surface area (Å²) in [6, 6.07) is 1.85. The lowest BCUT2D eigenvalue weighted by Crippen LogP contribution is -2.54. The van der Waals surface area contributed by atoms with E-state index in [0.717, 1.165) is 29.5 Å². The van der Waals surface area contributed by atoms with Gasteiger partial charge in [-0.25, -0.2) is 8.78 Å². The second-order valence-corrected chi connectivity index (χ2v) is 7.24. The van der Waals surface area contributed by atoms with Gasteiger partial charge in [-0.15, -0.1) is 0 Å². The second kappa shape index (κ2) is 6.56. The Balaban J connectivity index is 1.62. The summed E-state index contributed by atoms with van der Waals surface area (Å²) in [5, 5.41) is 6.69. The first-order valence-corrected chi connectivity index (χ1v) is 8.66. The molecule has 0 amide bonds. The van der Waals surface area contributed by atoms with Crippen LogP contribution in [0.5, 0.6) is 0 Å². The average molecular weight is 387 g/mol. The molecule has 4 atom stereocenters. The van der Waals surface area contributed by atoms with Crippen molar-refractivity contribution in [2.45, 2.75) is 50.9 Å². The molecule has 0 spiro atoms. The van der Waals surface area contributed by atoms with Crippen molar-refractivity contribution in [1.29, 1.82) is 0 Å². The summed E-state index contributed by atoms with van der Waals surface area (Å²) in [7, 11) is 0. The number of nitrogens with zero attached hydrogens (tertiary/aromatic N) is 2. The molecule has 2 aliphatic heterocycles. The Morgan fingerprint density at radius 2 is 2.00 bits per heavy atom. The number of ether oxygens (including phenoxy) is 1. The van der Waals surface area contributed by atoms with Gasteiger partial charge in [0.05, 0.1) is 18.0 Å². The van der Waals surface area contributed by atoms with Crippen LogP contribution in [-0.2, 0) is 17.8 Å². The van der Waals surface area contributed by atoms with E-state index >= 15 is 0 Å². The van der Waals surface area contributed by atoms with E-state index < -0.39 is 42.0 Å². The third-order valence-corrected chi connectivity index (χ3v) is 5.37. The lowest BCUT2D eigenvalue weighted by molar-refractivity contribution is -0.275. The van der Waals surface area contributed by atoms with E-state index in [0.29, 0.717) is 13.1 Å². The van der Waals surface area contributed by atoms with Crippen LogP contribution in [0.3, 0.4) is 0 Å². The third-order valence-electron chi connectivity index (χ3n) is 5.37. The molecule has 4 nitrogen and oxygen atoms in total. The summed E-state index contributed by atoms with van der Waals surface area (Å²) in [5.74, 6) is -1.89. The summed E-state index contributed by atoms with van der Waals surface area (Å²) in [6.07, 6.45) is -6.11. The molecule has 1 aromatic carbocycles. The van der Waals surface area contributed by atoms with Crippen molar-refractivity contribution in [3.05, 3.63) is 52.9 Å². The molecule has 1 fully saturated rings. The van der Waals surface area contributed by atoms with Crippen LogP contribution in [0.1, 0.15) is 36.3 Å². The predicted molar refractivity (Wildman–Crippen MR) is 85.4 cm³/mol. The van der Waals surface area contributed by atoms with Crippen molar-refractivity contribution in [2.75, 3.05) is 0 Å². The molecule has 27 heavy (non-hydrogen) atoms. The number of hydrogen-bond donors (Lipinski definition) is 1. The first kappa shape index (κ1) is 18.4. The molecule has 0 radical (unpaired) electrons. The van der Waals surface area contributed by atoms with Crippen LogP contribution in [0, 0.1) is 17.6 Å². The first-order chi connectivity index (χ1) is 12.7. The minimum Gasteiger partial charge on any atom is -0.359 e. The van der Waals surface area contributed by atoms with Gasteiger partial charge in [-0.2, -0.15) is 18.3 Å². The summed E-state index contributed by atoms with van der Waals surface area (Å²) in [4.78, 5) is 1.70. The maximum absolute atomic E-state index is 14.1. The van der Waals surface area contributed by atoms with Crippen molar-refractivity contribution in [1.82, 2.24) is 15.1 Å². The highest BCUT2D eigenvalue weighted by Gasteiger charge is 2.53. The van der Waals surface area contributed by atoms with Crippen LogP contribution in [0.25, 0.3) is 0 Å². The lowest BCUT2D eigenvalue weighted by atomic mass is 9.85. The number of aromatic nitrogens is 2. The fourth-order valence-electron chi connectivity index (χ4n) is 4.08. The molecular formula is C18H18F5N3O. The molecule has 1 N–H and O–H groups in total. The zero-order valence-electron chi connectivity index (χ0n) is 14.4. The van der Waals surface area contributed by atoms with Gasteiger partial charge < -0.3 is 4.74 Å². The highest BCUT2D eigenvalue weighted by molar-refractivity contribution is 5.24. The van der Waals surface area contributed by atoms with Gasteiger partial charge in [0.25, 0.3) is 0 Å². The summed E-state index contributed by atoms with van der Waals surface area (Å²) in [6.45, 7) is 2.37. The average Bonchev–Trinajstić information content (AvgIpc) is 3.17. The molecule has 146 valence electrons. The predicted octanol–water partition coefficient (Wildman–Crippen LogP) is 4.10. The molecule has 0 unspecified atom stereocenters. The van der Waals surface area contributed by atoms with Crippen LogP contribution in [-0.4, -0.2) is 33.4 Å². The number of benzene rings is 1. The van der Waals surface area contributed by atoms with Gasteiger partial charge >= 0.3 is 6.18 Å². The Bertz CT molecular complexity index is 816. The van der Waals surface area contributed by atoms with E-state index in [1.165, 1.54) is 0 Å². The Hall–Kier alpha value is -2.00. The molecule has 2 aromatic rings. The van der Waals surface area contributed by atoms with E-state index in [1.54, 1.807) is 18.0 Å². The largest absolute Gasteiger partial charge is 0.416 e. The highest BCUT2D eigenvalue weighted by atomic mass is 19.4. The highest BCUT2D eigenvalue weighted by Crippen LogP contribution is 2.45. The number of alkyl halides is 3. The van der Waals surface area contributed by atoms with Gasteiger partial charge in [0.2, 0.25) is 0 Å². The molecule has 0 saturated carbocycles.